The number of benzene rings is 1. The van der Waals surface area contributed by atoms with Crippen LogP contribution in [-0.2, 0) is 6.54 Å². The lowest BCUT2D eigenvalue weighted by molar-refractivity contribution is 0.560. The summed E-state index contributed by atoms with van der Waals surface area (Å²) < 4.78 is 6.53. The van der Waals surface area contributed by atoms with Crippen molar-refractivity contribution in [3.63, 3.8) is 0 Å². The highest BCUT2D eigenvalue weighted by Crippen LogP contribution is 2.28. The van der Waals surface area contributed by atoms with Crippen LogP contribution in [0.15, 0.2) is 33.4 Å². The van der Waals surface area contributed by atoms with E-state index < -0.39 is 0 Å². The van der Waals surface area contributed by atoms with E-state index in [0.717, 1.165) is 22.3 Å². The van der Waals surface area contributed by atoms with Crippen LogP contribution in [0.4, 0.5) is 0 Å². The Morgan fingerprint density at radius 2 is 2.17 bits per heavy atom. The lowest BCUT2D eigenvalue weighted by Gasteiger charge is -2.04. The van der Waals surface area contributed by atoms with Crippen molar-refractivity contribution in [3.8, 4) is 11.5 Å². The first kappa shape index (κ1) is 13.3. The van der Waals surface area contributed by atoms with Crippen molar-refractivity contribution in [1.29, 1.82) is 0 Å². The molecule has 0 aliphatic heterocycles. The summed E-state index contributed by atoms with van der Waals surface area (Å²) in [6.45, 7) is 7.00. The normalized spacial score (nSPS) is 11.2. The number of nitrogens with one attached hydrogen (secondary N) is 1. The maximum absolute atomic E-state index is 5.52. The molecular weight excluding hydrogens is 292 g/mol. The Bertz CT molecular complexity index is 534. The van der Waals surface area contributed by atoms with Crippen molar-refractivity contribution in [1.82, 2.24) is 10.3 Å². The fourth-order valence-electron chi connectivity index (χ4n) is 1.61. The summed E-state index contributed by atoms with van der Waals surface area (Å²) in [4.78, 5) is 4.48. The predicted molar refractivity (Wildman–Crippen MR) is 76.4 cm³/mol. The van der Waals surface area contributed by atoms with Crippen molar-refractivity contribution in [3.05, 3.63) is 40.2 Å². The Morgan fingerprint density at radius 3 is 2.83 bits per heavy atom. The molecule has 0 aliphatic carbocycles. The largest absolute Gasteiger partial charge is 0.444 e. The zero-order chi connectivity index (χ0) is 13.1. The summed E-state index contributed by atoms with van der Waals surface area (Å²) in [5, 5.41) is 3.32. The van der Waals surface area contributed by atoms with E-state index in [1.54, 1.807) is 6.26 Å². The second-order valence-corrected chi connectivity index (χ2v) is 5.52. The van der Waals surface area contributed by atoms with Gasteiger partial charge in [0.25, 0.3) is 0 Å². The first-order valence-electron chi connectivity index (χ1n) is 6.00. The van der Waals surface area contributed by atoms with Crippen LogP contribution in [0.5, 0.6) is 0 Å². The molecule has 0 saturated heterocycles. The Morgan fingerprint density at radius 1 is 1.39 bits per heavy atom. The van der Waals surface area contributed by atoms with Gasteiger partial charge >= 0.3 is 0 Å². The van der Waals surface area contributed by atoms with Crippen LogP contribution in [-0.4, -0.2) is 11.0 Å². The van der Waals surface area contributed by atoms with Gasteiger partial charge in [0, 0.05) is 17.1 Å². The van der Waals surface area contributed by atoms with Crippen LogP contribution in [0.1, 0.15) is 25.1 Å². The minimum Gasteiger partial charge on any atom is -0.444 e. The van der Waals surface area contributed by atoms with Gasteiger partial charge in [0.2, 0.25) is 5.89 Å². The molecule has 96 valence electrons. The average Bonchev–Trinajstić information content (AvgIpc) is 2.75. The Balaban J connectivity index is 2.18. The van der Waals surface area contributed by atoms with Gasteiger partial charge in [-0.3, -0.25) is 0 Å². The molecule has 3 nitrogen and oxygen atoms in total. The first-order chi connectivity index (χ1) is 8.56. The summed E-state index contributed by atoms with van der Waals surface area (Å²) in [5.74, 6) is 0.655. The van der Waals surface area contributed by atoms with E-state index in [0.29, 0.717) is 11.9 Å². The molecule has 0 aliphatic rings. The zero-order valence-corrected chi connectivity index (χ0v) is 12.4. The highest BCUT2D eigenvalue weighted by molar-refractivity contribution is 9.10. The molecule has 2 rings (SSSR count). The molecule has 0 radical (unpaired) electrons. The fourth-order valence-corrected chi connectivity index (χ4v) is 2.28. The van der Waals surface area contributed by atoms with Crippen LogP contribution in [0.25, 0.3) is 11.5 Å². The van der Waals surface area contributed by atoms with Gasteiger partial charge < -0.3 is 9.73 Å². The topological polar surface area (TPSA) is 38.1 Å². The fraction of sp³-hybridized carbons (Fsp3) is 0.357. The summed E-state index contributed by atoms with van der Waals surface area (Å²) in [5.41, 5.74) is 3.11. The van der Waals surface area contributed by atoms with Crippen LogP contribution in [0, 0.1) is 6.92 Å². The molecule has 1 aromatic heterocycles. The van der Waals surface area contributed by atoms with E-state index in [-0.39, 0.29) is 0 Å². The van der Waals surface area contributed by atoms with Gasteiger partial charge in [-0.1, -0.05) is 19.9 Å². The maximum atomic E-state index is 5.52. The Labute approximate surface area is 116 Å². The highest BCUT2D eigenvalue weighted by Gasteiger charge is 2.10. The van der Waals surface area contributed by atoms with Gasteiger partial charge in [-0.2, -0.15) is 0 Å². The number of oxazole rings is 1. The van der Waals surface area contributed by atoms with Gasteiger partial charge in [-0.15, -0.1) is 0 Å². The van der Waals surface area contributed by atoms with Crippen molar-refractivity contribution < 1.29 is 4.42 Å². The van der Waals surface area contributed by atoms with Crippen molar-refractivity contribution in [2.45, 2.75) is 33.4 Å². The van der Waals surface area contributed by atoms with Gasteiger partial charge in [-0.05, 0) is 40.5 Å². The third-order valence-electron chi connectivity index (χ3n) is 2.60. The van der Waals surface area contributed by atoms with Gasteiger partial charge in [0.05, 0.1) is 11.3 Å². The number of rotatable bonds is 4. The molecule has 0 fully saturated rings. The molecule has 1 N–H and O–H groups in total. The Hall–Kier alpha value is -1.13. The molecule has 4 heteroatoms. The van der Waals surface area contributed by atoms with Gasteiger partial charge in [0.15, 0.2) is 0 Å². The predicted octanol–water partition coefficient (Wildman–Crippen LogP) is 3.91. The number of nitrogens with zero attached hydrogens (tertiary/aromatic N) is 1. The lowest BCUT2D eigenvalue weighted by Crippen LogP contribution is -2.21. The van der Waals surface area contributed by atoms with Crippen molar-refractivity contribution in [2.75, 3.05) is 0 Å². The second kappa shape index (κ2) is 5.67. The molecule has 0 amide bonds. The third kappa shape index (κ3) is 3.21. The molecule has 0 atom stereocenters. The quantitative estimate of drug-likeness (QED) is 0.930. The van der Waals surface area contributed by atoms with Crippen LogP contribution < -0.4 is 5.32 Å². The Kier molecular flexibility index (Phi) is 4.19. The molecule has 0 spiro atoms. The minimum absolute atomic E-state index is 0.441. The second-order valence-electron chi connectivity index (χ2n) is 4.66. The summed E-state index contributed by atoms with van der Waals surface area (Å²) >= 11 is 3.54. The van der Waals surface area contributed by atoms with Crippen molar-refractivity contribution in [2.24, 2.45) is 0 Å². The number of hydrogen-bond donors (Lipinski definition) is 1. The van der Waals surface area contributed by atoms with Crippen LogP contribution in [0.2, 0.25) is 0 Å². The van der Waals surface area contributed by atoms with E-state index in [1.165, 1.54) is 5.56 Å². The van der Waals surface area contributed by atoms with E-state index in [1.807, 2.05) is 6.07 Å². The van der Waals surface area contributed by atoms with Crippen molar-refractivity contribution >= 4 is 15.9 Å². The summed E-state index contributed by atoms with van der Waals surface area (Å²) in [7, 11) is 0. The molecule has 0 unspecified atom stereocenters. The molecule has 2 aromatic rings. The maximum Gasteiger partial charge on any atom is 0.227 e. The number of aromatic nitrogens is 1. The minimum atomic E-state index is 0.441. The molecule has 1 heterocycles. The van der Waals surface area contributed by atoms with Crippen LogP contribution >= 0.6 is 15.9 Å². The van der Waals surface area contributed by atoms with E-state index >= 15 is 0 Å². The van der Waals surface area contributed by atoms with Crippen LogP contribution in [0.3, 0.4) is 0 Å². The van der Waals surface area contributed by atoms with E-state index in [4.69, 9.17) is 4.42 Å². The standard InChI is InChI=1S/C14H17BrN2O/c1-9(2)16-7-11-8-18-14(17-11)12-5-4-10(3)6-13(12)15/h4-6,8-9,16H,7H2,1-3H3. The molecule has 0 saturated carbocycles. The first-order valence-corrected chi connectivity index (χ1v) is 6.80. The van der Waals surface area contributed by atoms with E-state index in [2.05, 4.69) is 59.1 Å². The van der Waals surface area contributed by atoms with Gasteiger partial charge in [-0.25, -0.2) is 4.98 Å². The van der Waals surface area contributed by atoms with E-state index in [9.17, 15) is 0 Å². The summed E-state index contributed by atoms with van der Waals surface area (Å²) in [6, 6.07) is 6.57. The third-order valence-corrected chi connectivity index (χ3v) is 3.25. The lowest BCUT2D eigenvalue weighted by atomic mass is 10.1. The zero-order valence-electron chi connectivity index (χ0n) is 10.8. The van der Waals surface area contributed by atoms with Gasteiger partial charge in [0.1, 0.15) is 6.26 Å². The highest BCUT2D eigenvalue weighted by atomic mass is 79.9. The SMILES string of the molecule is Cc1ccc(-c2nc(CNC(C)C)co2)c(Br)c1. The molecular formula is C14H17BrN2O. The molecule has 1 aromatic carbocycles. The molecule has 18 heavy (non-hydrogen) atoms. The monoisotopic (exact) mass is 308 g/mol. The smallest absolute Gasteiger partial charge is 0.227 e. The summed E-state index contributed by atoms with van der Waals surface area (Å²) in [6.07, 6.45) is 1.71. The average molecular weight is 309 g/mol. The molecule has 0 bridgehead atoms. The number of aryl methyl sites for hydroxylation is 1. The number of hydrogen-bond acceptors (Lipinski definition) is 3. The number of halogens is 1.